The predicted octanol–water partition coefficient (Wildman–Crippen LogP) is 4.17. The van der Waals surface area contributed by atoms with Gasteiger partial charge in [-0.05, 0) is 31.5 Å². The molecular weight excluding hydrogens is 404 g/mol. The second-order valence-electron chi connectivity index (χ2n) is 6.19. The summed E-state index contributed by atoms with van der Waals surface area (Å²) in [6.07, 6.45) is 0.376. The maximum absolute atomic E-state index is 12.6. The number of carbonyl (C=O) groups excluding carboxylic acids is 3. The van der Waals surface area contributed by atoms with Crippen LogP contribution < -0.4 is 5.32 Å². The monoisotopic (exact) mass is 424 g/mol. The number of pyridine rings is 1. The second-order valence-corrected chi connectivity index (χ2v) is 7.07. The van der Waals surface area contributed by atoms with Gasteiger partial charge in [-0.15, -0.1) is 11.3 Å². The first-order valence-electron chi connectivity index (χ1n) is 9.28. The summed E-state index contributed by atoms with van der Waals surface area (Å²) >= 11 is 1.20. The van der Waals surface area contributed by atoms with Crippen molar-refractivity contribution >= 4 is 34.2 Å². The number of nitrogens with one attached hydrogen (secondary N) is 1. The van der Waals surface area contributed by atoms with Gasteiger partial charge >= 0.3 is 11.9 Å². The summed E-state index contributed by atoms with van der Waals surface area (Å²) in [6.45, 7) is 3.37. The fourth-order valence-electron chi connectivity index (χ4n) is 2.66. The van der Waals surface area contributed by atoms with Crippen molar-refractivity contribution in [2.45, 2.75) is 20.0 Å². The number of thiophene rings is 1. The third kappa shape index (κ3) is 4.90. The summed E-state index contributed by atoms with van der Waals surface area (Å²) in [4.78, 5) is 41.2. The minimum Gasteiger partial charge on any atom is -0.462 e. The first-order valence-corrected chi connectivity index (χ1v) is 10.2. The van der Waals surface area contributed by atoms with E-state index in [2.05, 4.69) is 10.3 Å². The van der Waals surface area contributed by atoms with Gasteiger partial charge in [0.05, 0.1) is 6.61 Å². The highest BCUT2D eigenvalue weighted by atomic mass is 32.1. The molecule has 0 aliphatic carbocycles. The lowest BCUT2D eigenvalue weighted by atomic mass is 10.0. The number of benzene rings is 1. The molecule has 0 bridgehead atoms. The van der Waals surface area contributed by atoms with Crippen LogP contribution in [0, 0.1) is 0 Å². The van der Waals surface area contributed by atoms with E-state index in [9.17, 15) is 14.4 Å². The Hall–Kier alpha value is -3.52. The van der Waals surface area contributed by atoms with E-state index in [-0.39, 0.29) is 17.9 Å². The van der Waals surface area contributed by atoms with Crippen molar-refractivity contribution in [3.05, 3.63) is 71.4 Å². The molecule has 8 heteroatoms. The summed E-state index contributed by atoms with van der Waals surface area (Å²) in [7, 11) is 0. The van der Waals surface area contributed by atoms with Crippen LogP contribution >= 0.6 is 11.3 Å². The number of hydrogen-bond acceptors (Lipinski definition) is 7. The van der Waals surface area contributed by atoms with Crippen molar-refractivity contribution in [2.75, 3.05) is 11.9 Å². The molecule has 3 rings (SSSR count). The van der Waals surface area contributed by atoms with E-state index >= 15 is 0 Å². The van der Waals surface area contributed by atoms with Crippen LogP contribution in [0.4, 0.5) is 5.00 Å². The molecule has 154 valence electrons. The standard InChI is InChI=1S/C22H20N2O5S/c1-3-28-22(27)18-16(15-9-5-4-6-10-15)13-30-20(18)24-19(25)14(2)29-21(26)17-11-7-8-12-23-17/h4-14H,3H2,1-2H3,(H,24,25). The van der Waals surface area contributed by atoms with Gasteiger partial charge in [0.25, 0.3) is 5.91 Å². The largest absolute Gasteiger partial charge is 0.462 e. The van der Waals surface area contributed by atoms with Crippen LogP contribution in [0.5, 0.6) is 0 Å². The minimum atomic E-state index is -1.09. The smallest absolute Gasteiger partial charge is 0.357 e. The molecule has 2 aromatic heterocycles. The zero-order chi connectivity index (χ0) is 21.5. The molecule has 7 nitrogen and oxygen atoms in total. The number of rotatable bonds is 7. The number of amides is 1. The molecule has 1 amide bonds. The molecule has 1 N–H and O–H groups in total. The van der Waals surface area contributed by atoms with Crippen LogP contribution in [0.1, 0.15) is 34.7 Å². The van der Waals surface area contributed by atoms with E-state index < -0.39 is 23.9 Å². The van der Waals surface area contributed by atoms with E-state index in [0.29, 0.717) is 10.6 Å². The Kier molecular flexibility index (Phi) is 6.92. The number of ether oxygens (including phenoxy) is 2. The molecule has 0 aliphatic heterocycles. The van der Waals surface area contributed by atoms with Crippen LogP contribution in [-0.4, -0.2) is 35.5 Å². The van der Waals surface area contributed by atoms with Gasteiger partial charge in [-0.25, -0.2) is 14.6 Å². The maximum atomic E-state index is 12.6. The third-order valence-corrected chi connectivity index (χ3v) is 5.01. The van der Waals surface area contributed by atoms with Crippen molar-refractivity contribution in [1.29, 1.82) is 0 Å². The Morgan fingerprint density at radius 2 is 1.80 bits per heavy atom. The molecule has 0 spiro atoms. The van der Waals surface area contributed by atoms with Gasteiger partial charge in [-0.2, -0.15) is 0 Å². The van der Waals surface area contributed by atoms with E-state index in [1.807, 2.05) is 30.3 Å². The molecule has 1 unspecified atom stereocenters. The van der Waals surface area contributed by atoms with Gasteiger partial charge in [-0.3, -0.25) is 4.79 Å². The Labute approximate surface area is 177 Å². The lowest BCUT2D eigenvalue weighted by Gasteiger charge is -2.13. The highest BCUT2D eigenvalue weighted by Crippen LogP contribution is 2.36. The molecule has 2 heterocycles. The number of hydrogen-bond donors (Lipinski definition) is 1. The number of carbonyl (C=O) groups is 3. The fraction of sp³-hybridized carbons (Fsp3) is 0.182. The van der Waals surface area contributed by atoms with Gasteiger partial charge in [0, 0.05) is 17.1 Å². The summed E-state index contributed by atoms with van der Waals surface area (Å²) < 4.78 is 10.4. The molecule has 1 atom stereocenters. The molecule has 30 heavy (non-hydrogen) atoms. The maximum Gasteiger partial charge on any atom is 0.357 e. The Morgan fingerprint density at radius 3 is 2.47 bits per heavy atom. The molecule has 0 saturated heterocycles. The van der Waals surface area contributed by atoms with Crippen LogP contribution in [0.3, 0.4) is 0 Å². The first-order chi connectivity index (χ1) is 14.5. The topological polar surface area (TPSA) is 94.6 Å². The highest BCUT2D eigenvalue weighted by molar-refractivity contribution is 7.15. The van der Waals surface area contributed by atoms with Crippen molar-refractivity contribution in [3.8, 4) is 11.1 Å². The number of anilines is 1. The van der Waals surface area contributed by atoms with Crippen molar-refractivity contribution in [3.63, 3.8) is 0 Å². The van der Waals surface area contributed by atoms with E-state index in [0.717, 1.165) is 5.56 Å². The van der Waals surface area contributed by atoms with E-state index in [4.69, 9.17) is 9.47 Å². The third-order valence-electron chi connectivity index (χ3n) is 4.12. The van der Waals surface area contributed by atoms with E-state index in [1.165, 1.54) is 30.5 Å². The SMILES string of the molecule is CCOC(=O)c1c(-c2ccccc2)csc1NC(=O)C(C)OC(=O)c1ccccn1. The molecule has 1 aromatic carbocycles. The van der Waals surface area contributed by atoms with Crippen LogP contribution in [0.15, 0.2) is 60.1 Å². The van der Waals surface area contributed by atoms with Gasteiger partial charge in [0.1, 0.15) is 16.3 Å². The Bertz CT molecular complexity index is 1030. The van der Waals surface area contributed by atoms with Gasteiger partial charge in [-0.1, -0.05) is 36.4 Å². The predicted molar refractivity (Wildman–Crippen MR) is 113 cm³/mol. The summed E-state index contributed by atoms with van der Waals surface area (Å²) in [5, 5.41) is 4.79. The highest BCUT2D eigenvalue weighted by Gasteiger charge is 2.26. The molecular formula is C22H20N2O5S. The van der Waals surface area contributed by atoms with Crippen molar-refractivity contribution in [2.24, 2.45) is 0 Å². The molecule has 3 aromatic rings. The first kappa shape index (κ1) is 21.2. The fourth-order valence-corrected chi connectivity index (χ4v) is 3.62. The molecule has 0 aliphatic rings. The zero-order valence-corrected chi connectivity index (χ0v) is 17.3. The van der Waals surface area contributed by atoms with Crippen molar-refractivity contribution < 1.29 is 23.9 Å². The molecule has 0 saturated carbocycles. The number of aromatic nitrogens is 1. The lowest BCUT2D eigenvalue weighted by molar-refractivity contribution is -0.123. The quantitative estimate of drug-likeness (QED) is 0.572. The Balaban J connectivity index is 1.80. The van der Waals surface area contributed by atoms with E-state index in [1.54, 1.807) is 24.4 Å². The zero-order valence-electron chi connectivity index (χ0n) is 16.5. The lowest BCUT2D eigenvalue weighted by Crippen LogP contribution is -2.30. The summed E-state index contributed by atoms with van der Waals surface area (Å²) in [5.74, 6) is -1.81. The average Bonchev–Trinajstić information content (AvgIpc) is 3.18. The van der Waals surface area contributed by atoms with Crippen LogP contribution in [-0.2, 0) is 14.3 Å². The molecule has 0 radical (unpaired) electrons. The van der Waals surface area contributed by atoms with Crippen molar-refractivity contribution in [1.82, 2.24) is 4.98 Å². The van der Waals surface area contributed by atoms with Crippen LogP contribution in [0.2, 0.25) is 0 Å². The second kappa shape index (κ2) is 9.80. The van der Waals surface area contributed by atoms with Gasteiger partial charge in [0.2, 0.25) is 0 Å². The van der Waals surface area contributed by atoms with Gasteiger partial charge < -0.3 is 14.8 Å². The normalized spacial score (nSPS) is 11.4. The Morgan fingerprint density at radius 1 is 1.07 bits per heavy atom. The number of esters is 2. The van der Waals surface area contributed by atoms with Gasteiger partial charge in [0.15, 0.2) is 6.10 Å². The summed E-state index contributed by atoms with van der Waals surface area (Å²) in [6, 6.07) is 14.2. The minimum absolute atomic E-state index is 0.104. The van der Waals surface area contributed by atoms with Crippen LogP contribution in [0.25, 0.3) is 11.1 Å². The average molecular weight is 424 g/mol. The summed E-state index contributed by atoms with van der Waals surface area (Å²) in [5.41, 5.74) is 1.86. The molecule has 0 fully saturated rings. The number of nitrogens with zero attached hydrogens (tertiary/aromatic N) is 1.